The third-order valence-electron chi connectivity index (χ3n) is 6.43. The Morgan fingerprint density at radius 2 is 1.71 bits per heavy atom. The molecule has 0 aromatic heterocycles. The van der Waals surface area contributed by atoms with Crippen molar-refractivity contribution < 1.29 is 5.11 Å². The van der Waals surface area contributed by atoms with E-state index in [1.54, 1.807) is 0 Å². The highest BCUT2D eigenvalue weighted by Crippen LogP contribution is 2.64. The SMILES string of the molecule is CC(C)(O)C12CCCCC1C1CCCCC1C2. The van der Waals surface area contributed by atoms with E-state index in [1.165, 1.54) is 57.8 Å². The van der Waals surface area contributed by atoms with Crippen molar-refractivity contribution in [2.75, 3.05) is 0 Å². The first-order chi connectivity index (χ1) is 8.05. The van der Waals surface area contributed by atoms with Crippen molar-refractivity contribution >= 4 is 0 Å². The summed E-state index contributed by atoms with van der Waals surface area (Å²) in [4.78, 5) is 0. The molecule has 4 unspecified atom stereocenters. The smallest absolute Gasteiger partial charge is 0.0650 e. The lowest BCUT2D eigenvalue weighted by Gasteiger charge is -2.49. The summed E-state index contributed by atoms with van der Waals surface area (Å²) in [5.41, 5.74) is -0.194. The van der Waals surface area contributed by atoms with Crippen LogP contribution in [-0.4, -0.2) is 10.7 Å². The van der Waals surface area contributed by atoms with Gasteiger partial charge in [-0.15, -0.1) is 0 Å². The van der Waals surface area contributed by atoms with Gasteiger partial charge in [0.15, 0.2) is 0 Å². The molecule has 3 rings (SSSR count). The van der Waals surface area contributed by atoms with Gasteiger partial charge in [-0.3, -0.25) is 0 Å². The van der Waals surface area contributed by atoms with E-state index in [9.17, 15) is 5.11 Å². The summed E-state index contributed by atoms with van der Waals surface area (Å²) in [6.45, 7) is 4.17. The molecular weight excluding hydrogens is 208 g/mol. The van der Waals surface area contributed by atoms with Gasteiger partial charge in [-0.25, -0.2) is 0 Å². The Morgan fingerprint density at radius 1 is 1.00 bits per heavy atom. The second kappa shape index (κ2) is 3.98. The van der Waals surface area contributed by atoms with Gasteiger partial charge in [-0.1, -0.05) is 32.1 Å². The molecule has 3 aliphatic rings. The molecule has 0 heterocycles. The number of fused-ring (bicyclic) bond motifs is 3. The van der Waals surface area contributed by atoms with Gasteiger partial charge in [0.2, 0.25) is 0 Å². The molecule has 0 amide bonds. The standard InChI is InChI=1S/C16H28O/c1-15(2,17)16-10-6-5-9-14(16)13-8-4-3-7-12(13)11-16/h12-14,17H,3-11H2,1-2H3. The van der Waals surface area contributed by atoms with Crippen LogP contribution in [0.4, 0.5) is 0 Å². The van der Waals surface area contributed by atoms with Crippen LogP contribution in [0.3, 0.4) is 0 Å². The van der Waals surface area contributed by atoms with E-state index in [0.717, 1.165) is 17.8 Å². The molecule has 0 bridgehead atoms. The van der Waals surface area contributed by atoms with Crippen LogP contribution in [0.15, 0.2) is 0 Å². The van der Waals surface area contributed by atoms with Crippen molar-refractivity contribution in [2.45, 2.75) is 77.2 Å². The minimum Gasteiger partial charge on any atom is -0.390 e. The summed E-state index contributed by atoms with van der Waals surface area (Å²) in [6.07, 6.45) is 12.5. The van der Waals surface area contributed by atoms with Crippen LogP contribution < -0.4 is 0 Å². The lowest BCUT2D eigenvalue weighted by molar-refractivity contribution is -0.103. The van der Waals surface area contributed by atoms with Gasteiger partial charge in [-0.05, 0) is 57.3 Å². The molecule has 0 aliphatic heterocycles. The first-order valence-corrected chi connectivity index (χ1v) is 7.77. The molecule has 98 valence electrons. The Hall–Kier alpha value is -0.0400. The van der Waals surface area contributed by atoms with Crippen molar-refractivity contribution in [1.29, 1.82) is 0 Å². The Labute approximate surface area is 106 Å². The maximum absolute atomic E-state index is 10.8. The molecule has 1 N–H and O–H groups in total. The van der Waals surface area contributed by atoms with E-state index in [1.807, 2.05) is 0 Å². The van der Waals surface area contributed by atoms with Gasteiger partial charge < -0.3 is 5.11 Å². The van der Waals surface area contributed by atoms with Crippen LogP contribution >= 0.6 is 0 Å². The molecule has 1 heteroatoms. The van der Waals surface area contributed by atoms with Crippen molar-refractivity contribution in [2.24, 2.45) is 23.2 Å². The van der Waals surface area contributed by atoms with E-state index < -0.39 is 5.60 Å². The predicted molar refractivity (Wildman–Crippen MR) is 70.8 cm³/mol. The van der Waals surface area contributed by atoms with Gasteiger partial charge in [0, 0.05) is 5.41 Å². The zero-order valence-electron chi connectivity index (χ0n) is 11.5. The van der Waals surface area contributed by atoms with Crippen molar-refractivity contribution in [3.63, 3.8) is 0 Å². The summed E-state index contributed by atoms with van der Waals surface area (Å²) < 4.78 is 0. The van der Waals surface area contributed by atoms with E-state index in [2.05, 4.69) is 13.8 Å². The van der Waals surface area contributed by atoms with Crippen LogP contribution in [0, 0.1) is 23.2 Å². The van der Waals surface area contributed by atoms with Crippen LogP contribution in [0.1, 0.15) is 71.6 Å². The quantitative estimate of drug-likeness (QED) is 0.725. The third kappa shape index (κ3) is 1.69. The second-order valence-electron chi connectivity index (χ2n) is 7.48. The van der Waals surface area contributed by atoms with Crippen molar-refractivity contribution in [3.8, 4) is 0 Å². The summed E-state index contributed by atoms with van der Waals surface area (Å²) >= 11 is 0. The number of rotatable bonds is 1. The maximum Gasteiger partial charge on any atom is 0.0650 e. The molecule has 3 saturated carbocycles. The average molecular weight is 236 g/mol. The lowest BCUT2D eigenvalue weighted by atomic mass is 9.58. The first-order valence-electron chi connectivity index (χ1n) is 7.77. The van der Waals surface area contributed by atoms with Gasteiger partial charge in [0.05, 0.1) is 5.60 Å². The molecule has 0 spiro atoms. The summed E-state index contributed by atoms with van der Waals surface area (Å²) in [5.74, 6) is 2.73. The molecule has 3 aliphatic carbocycles. The second-order valence-corrected chi connectivity index (χ2v) is 7.48. The zero-order valence-corrected chi connectivity index (χ0v) is 11.5. The summed E-state index contributed by atoms with van der Waals surface area (Å²) in [6, 6.07) is 0. The molecule has 17 heavy (non-hydrogen) atoms. The molecule has 1 nitrogen and oxygen atoms in total. The van der Waals surface area contributed by atoms with Gasteiger partial charge >= 0.3 is 0 Å². The van der Waals surface area contributed by atoms with Crippen LogP contribution in [0.25, 0.3) is 0 Å². The zero-order chi connectivity index (χ0) is 12.1. The largest absolute Gasteiger partial charge is 0.390 e. The molecule has 0 aromatic rings. The Balaban J connectivity index is 1.94. The van der Waals surface area contributed by atoms with Gasteiger partial charge in [-0.2, -0.15) is 0 Å². The Bertz CT molecular complexity index is 290. The fraction of sp³-hybridized carbons (Fsp3) is 1.00. The Morgan fingerprint density at radius 3 is 2.47 bits per heavy atom. The molecular formula is C16H28O. The van der Waals surface area contributed by atoms with Gasteiger partial charge in [0.25, 0.3) is 0 Å². The molecule has 3 fully saturated rings. The molecule has 0 aromatic carbocycles. The fourth-order valence-electron chi connectivity index (χ4n) is 5.64. The van der Waals surface area contributed by atoms with Crippen LogP contribution in [0.2, 0.25) is 0 Å². The van der Waals surface area contributed by atoms with Crippen molar-refractivity contribution in [3.05, 3.63) is 0 Å². The van der Waals surface area contributed by atoms with E-state index >= 15 is 0 Å². The highest BCUT2D eigenvalue weighted by Gasteiger charge is 2.59. The lowest BCUT2D eigenvalue weighted by Crippen LogP contribution is -2.48. The fourth-order valence-corrected chi connectivity index (χ4v) is 5.64. The molecule has 4 atom stereocenters. The predicted octanol–water partition coefficient (Wildman–Crippen LogP) is 4.14. The van der Waals surface area contributed by atoms with Crippen LogP contribution in [0.5, 0.6) is 0 Å². The monoisotopic (exact) mass is 236 g/mol. The minimum absolute atomic E-state index is 0.269. The summed E-state index contributed by atoms with van der Waals surface area (Å²) in [7, 11) is 0. The Kier molecular flexibility index (Phi) is 2.81. The van der Waals surface area contributed by atoms with Crippen LogP contribution in [-0.2, 0) is 0 Å². The third-order valence-corrected chi connectivity index (χ3v) is 6.43. The van der Waals surface area contributed by atoms with E-state index in [0.29, 0.717) is 0 Å². The molecule has 0 radical (unpaired) electrons. The normalized spacial score (nSPS) is 46.4. The van der Waals surface area contributed by atoms with E-state index in [4.69, 9.17) is 0 Å². The topological polar surface area (TPSA) is 20.2 Å². The first kappa shape index (κ1) is 12.0. The van der Waals surface area contributed by atoms with E-state index in [-0.39, 0.29) is 5.41 Å². The highest BCUT2D eigenvalue weighted by molar-refractivity contribution is 5.09. The maximum atomic E-state index is 10.8. The minimum atomic E-state index is -0.463. The van der Waals surface area contributed by atoms with Crippen molar-refractivity contribution in [1.82, 2.24) is 0 Å². The highest BCUT2D eigenvalue weighted by atomic mass is 16.3. The van der Waals surface area contributed by atoms with Gasteiger partial charge in [0.1, 0.15) is 0 Å². The molecule has 0 saturated heterocycles. The number of hydrogen-bond acceptors (Lipinski definition) is 1. The average Bonchev–Trinajstić information content (AvgIpc) is 2.64. The summed E-state index contributed by atoms with van der Waals surface area (Å²) in [5, 5.41) is 10.8. The number of aliphatic hydroxyl groups is 1. The number of hydrogen-bond donors (Lipinski definition) is 1.